The number of nitrogens with two attached hydrogens (primary N) is 1. The van der Waals surface area contributed by atoms with E-state index in [-0.39, 0.29) is 5.54 Å². The van der Waals surface area contributed by atoms with E-state index in [0.29, 0.717) is 5.92 Å². The van der Waals surface area contributed by atoms with Crippen LogP contribution in [-0.4, -0.2) is 36.9 Å². The molecule has 0 radical (unpaired) electrons. The summed E-state index contributed by atoms with van der Waals surface area (Å²) in [6.07, 6.45) is 5.10. The summed E-state index contributed by atoms with van der Waals surface area (Å²) in [6.45, 7) is 5.18. The van der Waals surface area contributed by atoms with Crippen molar-refractivity contribution in [2.75, 3.05) is 20.6 Å². The fraction of sp³-hybridized carbons (Fsp3) is 0.917. The molecule has 88 valence electrons. The van der Waals surface area contributed by atoms with Crippen molar-refractivity contribution in [3.8, 4) is 0 Å². The first kappa shape index (κ1) is 12.5. The summed E-state index contributed by atoms with van der Waals surface area (Å²) in [7, 11) is 4.17. The largest absolute Gasteiger partial charge is 0.387 e. The minimum atomic E-state index is 0.100. The Balaban J connectivity index is 2.48. The van der Waals surface area contributed by atoms with E-state index in [9.17, 15) is 0 Å². The van der Waals surface area contributed by atoms with Crippen LogP contribution in [-0.2, 0) is 0 Å². The highest BCUT2D eigenvalue weighted by atomic mass is 15.2. The first-order valence-corrected chi connectivity index (χ1v) is 5.91. The van der Waals surface area contributed by atoms with Gasteiger partial charge in [-0.25, -0.2) is 0 Å². The Kier molecular flexibility index (Phi) is 4.14. The summed E-state index contributed by atoms with van der Waals surface area (Å²) in [4.78, 5) is 6.74. The molecular formula is C12H25N3. The van der Waals surface area contributed by atoms with Crippen LogP contribution in [0, 0.1) is 5.92 Å². The van der Waals surface area contributed by atoms with E-state index < -0.39 is 0 Å². The van der Waals surface area contributed by atoms with Gasteiger partial charge in [-0.15, -0.1) is 0 Å². The summed E-state index contributed by atoms with van der Waals surface area (Å²) in [5, 5.41) is 0. The first-order valence-electron chi connectivity index (χ1n) is 5.91. The Morgan fingerprint density at radius 3 is 2.33 bits per heavy atom. The second-order valence-corrected chi connectivity index (χ2v) is 5.43. The molecule has 0 aromatic heterocycles. The molecule has 2 N–H and O–H groups in total. The molecule has 15 heavy (non-hydrogen) atoms. The molecule has 1 aliphatic rings. The van der Waals surface area contributed by atoms with Crippen LogP contribution in [0.4, 0.5) is 0 Å². The lowest BCUT2D eigenvalue weighted by Gasteiger charge is -2.31. The predicted molar refractivity (Wildman–Crippen MR) is 66.2 cm³/mol. The summed E-state index contributed by atoms with van der Waals surface area (Å²) < 4.78 is 0. The van der Waals surface area contributed by atoms with Crippen molar-refractivity contribution in [2.45, 2.75) is 45.1 Å². The van der Waals surface area contributed by atoms with Gasteiger partial charge in [-0.05, 0) is 40.8 Å². The third-order valence-electron chi connectivity index (χ3n) is 3.63. The fourth-order valence-electron chi connectivity index (χ4n) is 1.78. The van der Waals surface area contributed by atoms with Crippen LogP contribution in [0.15, 0.2) is 4.99 Å². The van der Waals surface area contributed by atoms with Crippen LogP contribution in [0.1, 0.15) is 39.5 Å². The molecule has 0 aromatic carbocycles. The molecule has 1 saturated carbocycles. The van der Waals surface area contributed by atoms with Gasteiger partial charge in [0.2, 0.25) is 0 Å². The lowest BCUT2D eigenvalue weighted by molar-refractivity contribution is 0.205. The van der Waals surface area contributed by atoms with Crippen LogP contribution in [0.5, 0.6) is 0 Å². The van der Waals surface area contributed by atoms with Crippen molar-refractivity contribution in [1.29, 1.82) is 0 Å². The standard InChI is InChI=1S/C12H25N3/c1-12(2,15(3)4)9-14-11(13)10-7-5-6-8-10/h10H,5-9H2,1-4H3,(H2,13,14). The van der Waals surface area contributed by atoms with Crippen molar-refractivity contribution in [2.24, 2.45) is 16.6 Å². The molecule has 0 heterocycles. The summed E-state index contributed by atoms with van der Waals surface area (Å²) in [5.74, 6) is 1.44. The van der Waals surface area contributed by atoms with Gasteiger partial charge in [0, 0.05) is 11.5 Å². The van der Waals surface area contributed by atoms with Crippen molar-refractivity contribution in [3.63, 3.8) is 0 Å². The Morgan fingerprint density at radius 2 is 1.87 bits per heavy atom. The molecule has 0 unspecified atom stereocenters. The van der Waals surface area contributed by atoms with Gasteiger partial charge in [-0.2, -0.15) is 0 Å². The van der Waals surface area contributed by atoms with Crippen LogP contribution >= 0.6 is 0 Å². The molecule has 1 fully saturated rings. The number of hydrogen-bond acceptors (Lipinski definition) is 2. The lowest BCUT2D eigenvalue weighted by atomic mass is 10.0. The number of hydrogen-bond donors (Lipinski definition) is 1. The van der Waals surface area contributed by atoms with Gasteiger partial charge < -0.3 is 10.6 Å². The highest BCUT2D eigenvalue weighted by Gasteiger charge is 2.22. The maximum Gasteiger partial charge on any atom is 0.0969 e. The number of aliphatic imine (C=N–C) groups is 1. The molecule has 1 rings (SSSR count). The van der Waals surface area contributed by atoms with Gasteiger partial charge in [0.1, 0.15) is 0 Å². The smallest absolute Gasteiger partial charge is 0.0969 e. The van der Waals surface area contributed by atoms with Crippen LogP contribution < -0.4 is 5.73 Å². The van der Waals surface area contributed by atoms with E-state index >= 15 is 0 Å². The second kappa shape index (κ2) is 4.97. The molecule has 0 amide bonds. The van der Waals surface area contributed by atoms with Gasteiger partial charge >= 0.3 is 0 Å². The molecule has 3 heteroatoms. The molecule has 3 nitrogen and oxygen atoms in total. The molecule has 0 aromatic rings. The number of amidine groups is 1. The Bertz CT molecular complexity index is 225. The van der Waals surface area contributed by atoms with Crippen molar-refractivity contribution >= 4 is 5.84 Å². The Labute approximate surface area is 93.7 Å². The summed E-state index contributed by atoms with van der Waals surface area (Å²) in [6, 6.07) is 0. The van der Waals surface area contributed by atoms with Crippen LogP contribution in [0.2, 0.25) is 0 Å². The van der Waals surface area contributed by atoms with E-state index in [4.69, 9.17) is 5.73 Å². The molecular weight excluding hydrogens is 186 g/mol. The van der Waals surface area contributed by atoms with E-state index in [1.54, 1.807) is 0 Å². The quantitative estimate of drug-likeness (QED) is 0.570. The SMILES string of the molecule is CN(C)C(C)(C)CN=C(N)C1CCCC1. The topological polar surface area (TPSA) is 41.6 Å². The van der Waals surface area contributed by atoms with Gasteiger partial charge in [-0.3, -0.25) is 4.99 Å². The zero-order chi connectivity index (χ0) is 11.5. The monoisotopic (exact) mass is 211 g/mol. The maximum absolute atomic E-state index is 6.02. The number of likely N-dealkylation sites (N-methyl/N-ethyl adjacent to an activating group) is 1. The van der Waals surface area contributed by atoms with Gasteiger partial charge in [0.25, 0.3) is 0 Å². The summed E-state index contributed by atoms with van der Waals surface area (Å²) in [5.41, 5.74) is 6.12. The molecule has 0 saturated heterocycles. The highest BCUT2D eigenvalue weighted by molar-refractivity contribution is 5.83. The normalized spacial score (nSPS) is 20.2. The van der Waals surface area contributed by atoms with E-state index in [1.807, 2.05) is 0 Å². The van der Waals surface area contributed by atoms with Crippen molar-refractivity contribution < 1.29 is 0 Å². The average Bonchev–Trinajstić information content (AvgIpc) is 2.66. The van der Waals surface area contributed by atoms with E-state index in [1.165, 1.54) is 25.7 Å². The first-order chi connectivity index (χ1) is 6.93. The third-order valence-corrected chi connectivity index (χ3v) is 3.63. The Morgan fingerprint density at radius 1 is 1.33 bits per heavy atom. The molecule has 1 aliphatic carbocycles. The molecule has 0 aliphatic heterocycles. The molecule has 0 atom stereocenters. The van der Waals surface area contributed by atoms with Gasteiger partial charge in [0.15, 0.2) is 0 Å². The minimum Gasteiger partial charge on any atom is -0.387 e. The average molecular weight is 211 g/mol. The van der Waals surface area contributed by atoms with Crippen molar-refractivity contribution in [3.05, 3.63) is 0 Å². The lowest BCUT2D eigenvalue weighted by Crippen LogP contribution is -2.41. The highest BCUT2D eigenvalue weighted by Crippen LogP contribution is 2.25. The van der Waals surface area contributed by atoms with Crippen molar-refractivity contribution in [1.82, 2.24) is 4.90 Å². The van der Waals surface area contributed by atoms with E-state index in [0.717, 1.165) is 12.4 Å². The zero-order valence-corrected chi connectivity index (χ0v) is 10.6. The zero-order valence-electron chi connectivity index (χ0n) is 10.6. The molecule has 0 bridgehead atoms. The maximum atomic E-state index is 6.02. The van der Waals surface area contributed by atoms with E-state index in [2.05, 4.69) is 37.8 Å². The fourth-order valence-corrected chi connectivity index (χ4v) is 1.78. The van der Waals surface area contributed by atoms with Gasteiger partial charge in [0.05, 0.1) is 12.4 Å². The van der Waals surface area contributed by atoms with Crippen LogP contribution in [0.25, 0.3) is 0 Å². The second-order valence-electron chi connectivity index (χ2n) is 5.43. The van der Waals surface area contributed by atoms with Crippen LogP contribution in [0.3, 0.4) is 0 Å². The number of nitrogens with zero attached hydrogens (tertiary/aromatic N) is 2. The minimum absolute atomic E-state index is 0.100. The predicted octanol–water partition coefficient (Wildman–Crippen LogP) is 1.87. The van der Waals surface area contributed by atoms with Gasteiger partial charge in [-0.1, -0.05) is 12.8 Å². The Hall–Kier alpha value is -0.570. The summed E-state index contributed by atoms with van der Waals surface area (Å²) >= 11 is 0. The molecule has 0 spiro atoms. The third kappa shape index (κ3) is 3.49. The number of rotatable bonds is 4.